The maximum atomic E-state index is 6.01. The van der Waals surface area contributed by atoms with Crippen molar-refractivity contribution in [3.8, 4) is 0 Å². The quantitative estimate of drug-likeness (QED) is 0.834. The van der Waals surface area contributed by atoms with Crippen molar-refractivity contribution in [2.45, 2.75) is 66.2 Å². The molecule has 1 aliphatic carbocycles. The van der Waals surface area contributed by atoms with E-state index in [-0.39, 0.29) is 5.41 Å². The molecule has 2 unspecified atom stereocenters. The summed E-state index contributed by atoms with van der Waals surface area (Å²) in [5, 5.41) is 4.85. The lowest BCUT2D eigenvalue weighted by molar-refractivity contribution is -0.124. The van der Waals surface area contributed by atoms with Gasteiger partial charge in [-0.3, -0.25) is 0 Å². The molecule has 0 aromatic carbocycles. The number of nitrogens with zero attached hydrogens (tertiary/aromatic N) is 1. The van der Waals surface area contributed by atoms with Gasteiger partial charge in [0.05, 0.1) is 6.10 Å². The Balaban J connectivity index is 1.77. The number of nitrogens with one attached hydrogen (secondary N) is 1. The van der Waals surface area contributed by atoms with Crippen LogP contribution in [0, 0.1) is 11.3 Å². The third kappa shape index (κ3) is 3.60. The molecule has 0 spiro atoms. The highest BCUT2D eigenvalue weighted by molar-refractivity contribution is 7.11. The second-order valence-electron chi connectivity index (χ2n) is 6.78. The topological polar surface area (TPSA) is 34.2 Å². The zero-order valence-electron chi connectivity index (χ0n) is 13.4. The average molecular weight is 296 g/mol. The molecule has 1 fully saturated rings. The standard InChI is InChI=1S/C16H28N2OS/c1-6-12-8-18-15(20-12)9-17-13-7-14(16(13,4)5)19-10-11(2)3/h8,11,13-14,17H,6-7,9-10H2,1-5H3. The lowest BCUT2D eigenvalue weighted by Gasteiger charge is -2.52. The molecule has 1 aromatic heterocycles. The third-order valence-corrected chi connectivity index (χ3v) is 5.40. The van der Waals surface area contributed by atoms with Crippen LogP contribution in [0.5, 0.6) is 0 Å². The lowest BCUT2D eigenvalue weighted by Crippen LogP contribution is -2.60. The van der Waals surface area contributed by atoms with E-state index in [1.807, 2.05) is 17.5 Å². The number of hydrogen-bond acceptors (Lipinski definition) is 4. The average Bonchev–Trinajstić information content (AvgIpc) is 2.84. The van der Waals surface area contributed by atoms with E-state index in [9.17, 15) is 0 Å². The predicted octanol–water partition coefficient (Wildman–Crippen LogP) is 3.63. The van der Waals surface area contributed by atoms with Crippen molar-refractivity contribution in [2.75, 3.05) is 6.61 Å². The largest absolute Gasteiger partial charge is 0.377 e. The molecule has 1 saturated carbocycles. The third-order valence-electron chi connectivity index (χ3n) is 4.26. The second kappa shape index (κ2) is 6.54. The van der Waals surface area contributed by atoms with Crippen LogP contribution in [0.15, 0.2) is 6.20 Å². The minimum atomic E-state index is 0.222. The van der Waals surface area contributed by atoms with Gasteiger partial charge in [0.15, 0.2) is 0 Å². The number of rotatable bonds is 7. The van der Waals surface area contributed by atoms with Crippen molar-refractivity contribution >= 4 is 11.3 Å². The fourth-order valence-electron chi connectivity index (χ4n) is 2.63. The fourth-order valence-corrected chi connectivity index (χ4v) is 3.44. The molecule has 1 aromatic rings. The van der Waals surface area contributed by atoms with Crippen LogP contribution in [0.25, 0.3) is 0 Å². The van der Waals surface area contributed by atoms with Crippen molar-refractivity contribution in [1.82, 2.24) is 10.3 Å². The molecule has 1 heterocycles. The lowest BCUT2D eigenvalue weighted by atomic mass is 9.64. The van der Waals surface area contributed by atoms with Crippen LogP contribution in [0.2, 0.25) is 0 Å². The first-order valence-electron chi connectivity index (χ1n) is 7.72. The van der Waals surface area contributed by atoms with Crippen molar-refractivity contribution in [1.29, 1.82) is 0 Å². The number of ether oxygens (including phenoxy) is 1. The molecule has 0 saturated heterocycles. The van der Waals surface area contributed by atoms with E-state index < -0.39 is 0 Å². The number of aromatic nitrogens is 1. The zero-order chi connectivity index (χ0) is 14.8. The van der Waals surface area contributed by atoms with E-state index in [1.54, 1.807) is 0 Å². The summed E-state index contributed by atoms with van der Waals surface area (Å²) < 4.78 is 6.01. The van der Waals surface area contributed by atoms with Gasteiger partial charge in [-0.05, 0) is 18.8 Å². The molecule has 114 valence electrons. The maximum absolute atomic E-state index is 6.01. The number of aryl methyl sites for hydroxylation is 1. The summed E-state index contributed by atoms with van der Waals surface area (Å²) in [6.45, 7) is 12.9. The van der Waals surface area contributed by atoms with Crippen molar-refractivity contribution in [3.63, 3.8) is 0 Å². The van der Waals surface area contributed by atoms with E-state index >= 15 is 0 Å². The van der Waals surface area contributed by atoms with Crippen molar-refractivity contribution < 1.29 is 4.74 Å². The molecule has 0 aliphatic heterocycles. The SMILES string of the molecule is CCc1cnc(CNC2CC(OCC(C)C)C2(C)C)s1. The van der Waals surface area contributed by atoms with Crippen LogP contribution >= 0.6 is 11.3 Å². The Morgan fingerprint density at radius 2 is 2.25 bits per heavy atom. The monoisotopic (exact) mass is 296 g/mol. The Morgan fingerprint density at radius 3 is 2.80 bits per heavy atom. The summed E-state index contributed by atoms with van der Waals surface area (Å²) in [5.74, 6) is 0.612. The summed E-state index contributed by atoms with van der Waals surface area (Å²) in [4.78, 5) is 5.84. The first-order chi connectivity index (χ1) is 9.43. The smallest absolute Gasteiger partial charge is 0.107 e. The summed E-state index contributed by atoms with van der Waals surface area (Å²) in [6, 6.07) is 0.536. The summed E-state index contributed by atoms with van der Waals surface area (Å²) in [5.41, 5.74) is 0.222. The minimum Gasteiger partial charge on any atom is -0.377 e. The van der Waals surface area contributed by atoms with E-state index in [0.29, 0.717) is 18.1 Å². The van der Waals surface area contributed by atoms with Crippen LogP contribution in [-0.4, -0.2) is 23.7 Å². The molecule has 20 heavy (non-hydrogen) atoms. The van der Waals surface area contributed by atoms with Gasteiger partial charge in [-0.25, -0.2) is 4.98 Å². The van der Waals surface area contributed by atoms with Gasteiger partial charge in [-0.2, -0.15) is 0 Å². The summed E-state index contributed by atoms with van der Waals surface area (Å²) in [6.07, 6.45) is 4.59. The number of thiazole rings is 1. The van der Waals surface area contributed by atoms with Gasteiger partial charge in [-0.1, -0.05) is 34.6 Å². The Labute approximate surface area is 127 Å². The maximum Gasteiger partial charge on any atom is 0.107 e. The Morgan fingerprint density at radius 1 is 1.50 bits per heavy atom. The first kappa shape index (κ1) is 15.9. The second-order valence-corrected chi connectivity index (χ2v) is 7.98. The highest BCUT2D eigenvalue weighted by Crippen LogP contribution is 2.43. The zero-order valence-corrected chi connectivity index (χ0v) is 14.2. The molecule has 1 N–H and O–H groups in total. The van der Waals surface area contributed by atoms with E-state index in [0.717, 1.165) is 26.0 Å². The molecular formula is C16H28N2OS. The molecule has 3 nitrogen and oxygen atoms in total. The molecule has 0 amide bonds. The van der Waals surface area contributed by atoms with Crippen LogP contribution in [0.3, 0.4) is 0 Å². The molecule has 1 aliphatic rings. The van der Waals surface area contributed by atoms with Gasteiger partial charge in [-0.15, -0.1) is 11.3 Å². The Kier molecular flexibility index (Phi) is 5.21. The molecular weight excluding hydrogens is 268 g/mol. The van der Waals surface area contributed by atoms with Crippen LogP contribution in [-0.2, 0) is 17.7 Å². The van der Waals surface area contributed by atoms with Crippen LogP contribution < -0.4 is 5.32 Å². The Bertz CT molecular complexity index is 428. The van der Waals surface area contributed by atoms with Crippen LogP contribution in [0.1, 0.15) is 50.9 Å². The predicted molar refractivity (Wildman–Crippen MR) is 85.1 cm³/mol. The Hall–Kier alpha value is -0.450. The van der Waals surface area contributed by atoms with Gasteiger partial charge >= 0.3 is 0 Å². The van der Waals surface area contributed by atoms with Gasteiger partial charge in [0.25, 0.3) is 0 Å². The highest BCUT2D eigenvalue weighted by Gasteiger charge is 2.48. The van der Waals surface area contributed by atoms with Gasteiger partial charge in [0, 0.05) is 35.7 Å². The summed E-state index contributed by atoms with van der Waals surface area (Å²) >= 11 is 1.82. The molecule has 0 bridgehead atoms. The van der Waals surface area contributed by atoms with E-state index in [1.165, 1.54) is 9.88 Å². The molecule has 2 rings (SSSR count). The van der Waals surface area contributed by atoms with Gasteiger partial charge in [0.2, 0.25) is 0 Å². The van der Waals surface area contributed by atoms with E-state index in [4.69, 9.17) is 4.74 Å². The normalized spacial score (nSPS) is 24.9. The van der Waals surface area contributed by atoms with Gasteiger partial charge < -0.3 is 10.1 Å². The summed E-state index contributed by atoms with van der Waals surface area (Å²) in [7, 11) is 0. The fraction of sp³-hybridized carbons (Fsp3) is 0.812. The van der Waals surface area contributed by atoms with Crippen molar-refractivity contribution in [2.24, 2.45) is 11.3 Å². The molecule has 2 atom stereocenters. The number of hydrogen-bond donors (Lipinski definition) is 1. The van der Waals surface area contributed by atoms with Crippen LogP contribution in [0.4, 0.5) is 0 Å². The van der Waals surface area contributed by atoms with Gasteiger partial charge in [0.1, 0.15) is 5.01 Å². The molecule has 4 heteroatoms. The first-order valence-corrected chi connectivity index (χ1v) is 8.53. The van der Waals surface area contributed by atoms with Crippen molar-refractivity contribution in [3.05, 3.63) is 16.1 Å². The van der Waals surface area contributed by atoms with E-state index in [2.05, 4.69) is 44.9 Å². The minimum absolute atomic E-state index is 0.222. The molecule has 0 radical (unpaired) electrons. The highest BCUT2D eigenvalue weighted by atomic mass is 32.1.